The van der Waals surface area contributed by atoms with Gasteiger partial charge >= 0.3 is 0 Å². The highest BCUT2D eigenvalue weighted by molar-refractivity contribution is 6.20. The van der Waals surface area contributed by atoms with Crippen molar-refractivity contribution in [3.8, 4) is 0 Å². The third-order valence-electron chi connectivity index (χ3n) is 2.56. The first kappa shape index (κ1) is 9.34. The molecule has 0 aliphatic carbocycles. The molecule has 0 radical (unpaired) electrons. The number of alkyl halides is 1. The Morgan fingerprint density at radius 1 is 1.45 bits per heavy atom. The summed E-state index contributed by atoms with van der Waals surface area (Å²) in [5, 5.41) is 0.407. The topological polar surface area (TPSA) is 3.24 Å². The van der Waals surface area contributed by atoms with Crippen LogP contribution in [0.3, 0.4) is 0 Å². The third kappa shape index (κ3) is 2.34. The molecule has 0 aromatic rings. The van der Waals surface area contributed by atoms with Crippen LogP contribution in [0.25, 0.3) is 0 Å². The highest BCUT2D eigenvalue weighted by atomic mass is 35.5. The Bertz CT molecular complexity index is 125. The second kappa shape index (κ2) is 3.77. The van der Waals surface area contributed by atoms with Gasteiger partial charge in [0, 0.05) is 18.0 Å². The average Bonchev–Trinajstić information content (AvgIpc) is 1.94. The smallest absolute Gasteiger partial charge is 0.0386 e. The molecule has 0 bridgehead atoms. The number of hydrogen-bond acceptors (Lipinski definition) is 1. The van der Waals surface area contributed by atoms with E-state index in [2.05, 4.69) is 25.7 Å². The maximum absolute atomic E-state index is 6.11. The number of halogens is 1. The summed E-state index contributed by atoms with van der Waals surface area (Å²) in [7, 11) is 0. The predicted molar refractivity (Wildman–Crippen MR) is 50.1 cm³/mol. The highest BCUT2D eigenvalue weighted by Crippen LogP contribution is 2.22. The van der Waals surface area contributed by atoms with Crippen LogP contribution in [0.15, 0.2) is 0 Å². The molecule has 0 amide bonds. The maximum Gasteiger partial charge on any atom is 0.0386 e. The van der Waals surface area contributed by atoms with Crippen molar-refractivity contribution in [2.75, 3.05) is 13.1 Å². The Kier molecular flexibility index (Phi) is 3.20. The van der Waals surface area contributed by atoms with Crippen LogP contribution in [0.2, 0.25) is 0 Å². The average molecular weight is 176 g/mol. The fourth-order valence-electron chi connectivity index (χ4n) is 1.62. The molecule has 11 heavy (non-hydrogen) atoms. The standard InChI is InChI=1S/C9H18ClN/c1-7(2)11-5-4-9(10)8(3)6-11/h7-9H,4-6H2,1-3H3. The highest BCUT2D eigenvalue weighted by Gasteiger charge is 2.25. The van der Waals surface area contributed by atoms with E-state index in [4.69, 9.17) is 11.6 Å². The van der Waals surface area contributed by atoms with Gasteiger partial charge in [0.1, 0.15) is 0 Å². The lowest BCUT2D eigenvalue weighted by Crippen LogP contribution is -2.43. The fourth-order valence-corrected chi connectivity index (χ4v) is 1.80. The number of nitrogens with zero attached hydrogens (tertiary/aromatic N) is 1. The van der Waals surface area contributed by atoms with Gasteiger partial charge in [-0.1, -0.05) is 6.92 Å². The van der Waals surface area contributed by atoms with Crippen LogP contribution >= 0.6 is 11.6 Å². The van der Waals surface area contributed by atoms with Crippen LogP contribution in [-0.2, 0) is 0 Å². The van der Waals surface area contributed by atoms with Gasteiger partial charge in [0.25, 0.3) is 0 Å². The minimum absolute atomic E-state index is 0.407. The van der Waals surface area contributed by atoms with E-state index < -0.39 is 0 Å². The van der Waals surface area contributed by atoms with E-state index >= 15 is 0 Å². The first-order valence-corrected chi connectivity index (χ1v) is 4.93. The second-order valence-corrected chi connectivity index (χ2v) is 4.43. The summed E-state index contributed by atoms with van der Waals surface area (Å²) in [5.74, 6) is 0.660. The van der Waals surface area contributed by atoms with Crippen LogP contribution in [0, 0.1) is 5.92 Å². The van der Waals surface area contributed by atoms with E-state index in [0.717, 1.165) is 6.42 Å². The molecule has 0 saturated carbocycles. The largest absolute Gasteiger partial charge is 0.301 e. The lowest BCUT2D eigenvalue weighted by Gasteiger charge is -2.36. The molecule has 2 unspecified atom stereocenters. The molecule has 66 valence electrons. The van der Waals surface area contributed by atoms with E-state index in [-0.39, 0.29) is 0 Å². The Hall–Kier alpha value is 0.250. The summed E-state index contributed by atoms with van der Waals surface area (Å²) in [6, 6.07) is 0.682. The first-order valence-electron chi connectivity index (χ1n) is 4.49. The zero-order chi connectivity index (χ0) is 8.43. The van der Waals surface area contributed by atoms with Crippen LogP contribution in [0.4, 0.5) is 0 Å². The Morgan fingerprint density at radius 2 is 2.09 bits per heavy atom. The van der Waals surface area contributed by atoms with Gasteiger partial charge < -0.3 is 4.90 Å². The Labute approximate surface area is 74.7 Å². The fraction of sp³-hybridized carbons (Fsp3) is 1.00. The van der Waals surface area contributed by atoms with Crippen molar-refractivity contribution in [2.24, 2.45) is 5.92 Å². The molecule has 0 spiro atoms. The number of rotatable bonds is 1. The SMILES string of the molecule is CC1CN(C(C)C)CCC1Cl. The van der Waals surface area contributed by atoms with E-state index in [1.54, 1.807) is 0 Å². The van der Waals surface area contributed by atoms with E-state index in [9.17, 15) is 0 Å². The molecule has 0 N–H and O–H groups in total. The number of hydrogen-bond donors (Lipinski definition) is 0. The first-order chi connectivity index (χ1) is 5.11. The normalized spacial score (nSPS) is 34.6. The van der Waals surface area contributed by atoms with Crippen molar-refractivity contribution in [1.29, 1.82) is 0 Å². The second-order valence-electron chi connectivity index (χ2n) is 3.87. The van der Waals surface area contributed by atoms with Gasteiger partial charge in [-0.3, -0.25) is 0 Å². The Morgan fingerprint density at radius 3 is 2.55 bits per heavy atom. The van der Waals surface area contributed by atoms with E-state index in [0.29, 0.717) is 17.3 Å². The van der Waals surface area contributed by atoms with Crippen LogP contribution in [-0.4, -0.2) is 29.4 Å². The molecular formula is C9H18ClN. The molecule has 0 aromatic carbocycles. The van der Waals surface area contributed by atoms with Gasteiger partial charge in [-0.05, 0) is 32.7 Å². The number of likely N-dealkylation sites (tertiary alicyclic amines) is 1. The third-order valence-corrected chi connectivity index (χ3v) is 3.21. The van der Waals surface area contributed by atoms with Crippen LogP contribution in [0.5, 0.6) is 0 Å². The lowest BCUT2D eigenvalue weighted by molar-refractivity contribution is 0.150. The molecule has 1 rings (SSSR count). The molecule has 1 aliphatic rings. The van der Waals surface area contributed by atoms with Crippen molar-refractivity contribution >= 4 is 11.6 Å². The summed E-state index contributed by atoms with van der Waals surface area (Å²) < 4.78 is 0. The lowest BCUT2D eigenvalue weighted by atomic mass is 9.98. The van der Waals surface area contributed by atoms with Gasteiger partial charge in [-0.15, -0.1) is 11.6 Å². The van der Waals surface area contributed by atoms with Gasteiger partial charge in [0.2, 0.25) is 0 Å². The molecule has 2 atom stereocenters. The predicted octanol–water partition coefficient (Wildman–Crippen LogP) is 2.34. The van der Waals surface area contributed by atoms with Gasteiger partial charge in [-0.2, -0.15) is 0 Å². The summed E-state index contributed by atoms with van der Waals surface area (Å²) >= 11 is 6.11. The van der Waals surface area contributed by atoms with Crippen molar-refractivity contribution in [1.82, 2.24) is 4.90 Å². The molecule has 1 nitrogen and oxygen atoms in total. The quantitative estimate of drug-likeness (QED) is 0.553. The van der Waals surface area contributed by atoms with Crippen molar-refractivity contribution in [3.05, 3.63) is 0 Å². The van der Waals surface area contributed by atoms with E-state index in [1.165, 1.54) is 13.1 Å². The summed E-state index contributed by atoms with van der Waals surface area (Å²) in [6.07, 6.45) is 1.15. The zero-order valence-corrected chi connectivity index (χ0v) is 8.43. The summed E-state index contributed by atoms with van der Waals surface area (Å²) in [4.78, 5) is 2.50. The minimum Gasteiger partial charge on any atom is -0.301 e. The van der Waals surface area contributed by atoms with Gasteiger partial charge in [0.15, 0.2) is 0 Å². The molecule has 0 aromatic heterocycles. The monoisotopic (exact) mass is 175 g/mol. The number of piperidine rings is 1. The molecular weight excluding hydrogens is 158 g/mol. The van der Waals surface area contributed by atoms with Crippen LogP contribution < -0.4 is 0 Å². The molecule has 1 saturated heterocycles. The van der Waals surface area contributed by atoms with Crippen molar-refractivity contribution in [3.63, 3.8) is 0 Å². The van der Waals surface area contributed by atoms with Crippen molar-refractivity contribution < 1.29 is 0 Å². The molecule has 1 heterocycles. The van der Waals surface area contributed by atoms with Gasteiger partial charge in [-0.25, -0.2) is 0 Å². The zero-order valence-electron chi connectivity index (χ0n) is 7.68. The Balaban J connectivity index is 2.40. The maximum atomic E-state index is 6.11. The summed E-state index contributed by atoms with van der Waals surface area (Å²) in [5.41, 5.74) is 0. The molecule has 1 fully saturated rings. The molecule has 1 aliphatic heterocycles. The minimum atomic E-state index is 0.407. The van der Waals surface area contributed by atoms with Crippen molar-refractivity contribution in [2.45, 2.75) is 38.6 Å². The van der Waals surface area contributed by atoms with Gasteiger partial charge in [0.05, 0.1) is 0 Å². The van der Waals surface area contributed by atoms with E-state index in [1.807, 2.05) is 0 Å². The van der Waals surface area contributed by atoms with Crippen LogP contribution in [0.1, 0.15) is 27.2 Å². The molecule has 2 heteroatoms. The summed E-state index contributed by atoms with van der Waals surface area (Å²) in [6.45, 7) is 9.09.